The van der Waals surface area contributed by atoms with E-state index in [1.54, 1.807) is 38.8 Å². The number of hydrogen-bond donors (Lipinski definition) is 8. The minimum atomic E-state index is -4.89. The molecule has 0 unspecified atom stereocenters. The molecule has 2 aliphatic heterocycles. The van der Waals surface area contributed by atoms with Gasteiger partial charge in [-0.2, -0.15) is 13.2 Å². The van der Waals surface area contributed by atoms with Gasteiger partial charge in [-0.1, -0.05) is 6.92 Å². The van der Waals surface area contributed by atoms with Crippen LogP contribution in [0.25, 0.3) is 11.3 Å². The maximum absolute atomic E-state index is 14.2. The van der Waals surface area contributed by atoms with Crippen molar-refractivity contribution in [3.63, 3.8) is 0 Å². The first-order chi connectivity index (χ1) is 39.2. The van der Waals surface area contributed by atoms with E-state index in [0.29, 0.717) is 55.4 Å². The van der Waals surface area contributed by atoms with Gasteiger partial charge in [0.15, 0.2) is 5.69 Å². The molecule has 0 radical (unpaired) electrons. The van der Waals surface area contributed by atoms with E-state index in [-0.39, 0.29) is 149 Å². The van der Waals surface area contributed by atoms with Crippen LogP contribution in [0, 0.1) is 0 Å². The summed E-state index contributed by atoms with van der Waals surface area (Å²) in [5.74, 6) is -4.64. The van der Waals surface area contributed by atoms with Gasteiger partial charge in [0.05, 0.1) is 86.2 Å². The first kappa shape index (κ1) is 66.0. The SMILES string of the molecule is CCOc1ccc(C(=O)N2CCN(c3ccc(-c4cccnc4OCC)nc3CNCCCNC(=O)C[C@@H](O)C[C@@H](O)CCNC(=O)CN3CCN(CC(=O)O)CCN(CC(=O)O)CCN(CC(=O)O)CC3)[C@H](CC)C2)c(C(F)(F)F)n1. The number of amides is 3. The van der Waals surface area contributed by atoms with Gasteiger partial charge in [0, 0.05) is 110 Å². The topological polar surface area (TPSA) is 316 Å². The number of aliphatic carboxylic acids is 3. The number of hydrogen-bond acceptors (Lipinski definition) is 19. The highest BCUT2D eigenvalue weighted by Gasteiger charge is 2.40. The number of nitrogens with zero attached hydrogens (tertiary/aromatic N) is 9. The summed E-state index contributed by atoms with van der Waals surface area (Å²) in [6.07, 6.45) is -4.82. The molecular formula is C54H79F3N12O13. The lowest BCUT2D eigenvalue weighted by molar-refractivity contribution is -0.142. The van der Waals surface area contributed by atoms with E-state index in [9.17, 15) is 67.5 Å². The summed E-state index contributed by atoms with van der Waals surface area (Å²) in [6, 6.07) is 9.47. The Morgan fingerprint density at radius 1 is 0.695 bits per heavy atom. The Morgan fingerprint density at radius 3 is 1.87 bits per heavy atom. The lowest BCUT2D eigenvalue weighted by Gasteiger charge is -2.43. The van der Waals surface area contributed by atoms with E-state index in [1.807, 2.05) is 32.0 Å². The number of halogens is 3. The number of carboxylic acid groups (broad SMARTS) is 3. The smallest absolute Gasteiger partial charge is 0.434 e. The average molecular weight is 1160 g/mol. The molecule has 28 heteroatoms. The fraction of sp³-hybridized carbons (Fsp3) is 0.611. The summed E-state index contributed by atoms with van der Waals surface area (Å²) < 4.78 is 53.5. The Balaban J connectivity index is 1.10. The molecule has 0 saturated carbocycles. The third kappa shape index (κ3) is 21.8. The summed E-state index contributed by atoms with van der Waals surface area (Å²) in [5.41, 5.74) is 0.813. The van der Waals surface area contributed by atoms with E-state index in [0.717, 1.165) is 11.8 Å². The number of aliphatic hydroxyl groups is 2. The number of ether oxygens (including phenoxy) is 2. The number of carbonyl (C=O) groups excluding carboxylic acids is 3. The van der Waals surface area contributed by atoms with Crippen LogP contribution in [0.2, 0.25) is 0 Å². The summed E-state index contributed by atoms with van der Waals surface area (Å²) in [7, 11) is 0. The van der Waals surface area contributed by atoms with Crippen molar-refractivity contribution in [2.45, 2.75) is 83.8 Å². The zero-order valence-electron chi connectivity index (χ0n) is 46.8. The van der Waals surface area contributed by atoms with Crippen molar-refractivity contribution in [2.24, 2.45) is 0 Å². The van der Waals surface area contributed by atoms with Crippen molar-refractivity contribution in [1.29, 1.82) is 0 Å². The number of aliphatic hydroxyl groups excluding tert-OH is 2. The van der Waals surface area contributed by atoms with Crippen LogP contribution in [0.3, 0.4) is 0 Å². The molecule has 454 valence electrons. The van der Waals surface area contributed by atoms with E-state index in [4.69, 9.17) is 14.5 Å². The molecule has 0 aliphatic carbocycles. The van der Waals surface area contributed by atoms with Gasteiger partial charge in [0.25, 0.3) is 5.91 Å². The number of alkyl halides is 3. The molecule has 5 heterocycles. The van der Waals surface area contributed by atoms with E-state index < -0.39 is 65.3 Å². The summed E-state index contributed by atoms with van der Waals surface area (Å²) in [6.45, 7) is 8.38. The zero-order chi connectivity index (χ0) is 59.8. The van der Waals surface area contributed by atoms with Crippen LogP contribution in [-0.2, 0) is 36.7 Å². The minimum absolute atomic E-state index is 0.0456. The predicted octanol–water partition coefficient (Wildman–Crippen LogP) is 1.18. The van der Waals surface area contributed by atoms with Gasteiger partial charge in [0.2, 0.25) is 23.6 Å². The van der Waals surface area contributed by atoms with Crippen molar-refractivity contribution in [1.82, 2.24) is 55.4 Å². The van der Waals surface area contributed by atoms with E-state index in [2.05, 4.69) is 30.8 Å². The number of piperazine rings is 1. The van der Waals surface area contributed by atoms with Crippen molar-refractivity contribution in [2.75, 3.05) is 136 Å². The number of carboxylic acids is 3. The van der Waals surface area contributed by atoms with Gasteiger partial charge < -0.3 is 60.8 Å². The lowest BCUT2D eigenvalue weighted by Crippen LogP contribution is -2.55. The maximum Gasteiger partial charge on any atom is 0.434 e. The molecule has 3 atom stereocenters. The van der Waals surface area contributed by atoms with Crippen LogP contribution in [0.5, 0.6) is 11.8 Å². The largest absolute Gasteiger partial charge is 0.480 e. The molecule has 0 aromatic carbocycles. The zero-order valence-corrected chi connectivity index (χ0v) is 46.8. The van der Waals surface area contributed by atoms with Gasteiger partial charge in [-0.3, -0.25) is 48.4 Å². The van der Waals surface area contributed by atoms with E-state index >= 15 is 0 Å². The molecule has 3 amide bonds. The Bertz CT molecular complexity index is 2540. The average Bonchev–Trinajstić information content (AvgIpc) is 3.63. The molecule has 8 N–H and O–H groups in total. The fourth-order valence-corrected chi connectivity index (χ4v) is 9.68. The Labute approximate surface area is 474 Å². The highest BCUT2D eigenvalue weighted by atomic mass is 19.4. The van der Waals surface area contributed by atoms with Gasteiger partial charge in [-0.15, -0.1) is 0 Å². The normalized spacial score (nSPS) is 17.2. The number of nitrogens with one attached hydrogen (secondary N) is 3. The number of pyridine rings is 3. The molecule has 2 fully saturated rings. The van der Waals surface area contributed by atoms with Crippen LogP contribution >= 0.6 is 0 Å². The second-order valence-corrected chi connectivity index (χ2v) is 20.0. The van der Waals surface area contributed by atoms with Crippen molar-refractivity contribution in [3.8, 4) is 23.0 Å². The molecule has 5 rings (SSSR count). The van der Waals surface area contributed by atoms with Gasteiger partial charge >= 0.3 is 24.1 Å². The van der Waals surface area contributed by atoms with Gasteiger partial charge in [-0.25, -0.2) is 15.0 Å². The lowest BCUT2D eigenvalue weighted by atomic mass is 10.0. The third-order valence-electron chi connectivity index (χ3n) is 13.8. The fourth-order valence-electron chi connectivity index (χ4n) is 9.68. The molecule has 3 aromatic rings. The van der Waals surface area contributed by atoms with Crippen LogP contribution < -0.4 is 30.3 Å². The minimum Gasteiger partial charge on any atom is -0.480 e. The van der Waals surface area contributed by atoms with Gasteiger partial charge in [0.1, 0.15) is 0 Å². The molecular weight excluding hydrogens is 1080 g/mol. The quantitative estimate of drug-likeness (QED) is 0.0453. The molecule has 2 saturated heterocycles. The Kier molecular flexibility index (Phi) is 26.8. The van der Waals surface area contributed by atoms with Crippen molar-refractivity contribution < 1.29 is 76.9 Å². The maximum atomic E-state index is 14.2. The van der Waals surface area contributed by atoms with Crippen LogP contribution in [0.1, 0.15) is 74.6 Å². The number of rotatable bonds is 29. The highest BCUT2D eigenvalue weighted by Crippen LogP contribution is 2.35. The van der Waals surface area contributed by atoms with Crippen molar-refractivity contribution in [3.05, 3.63) is 59.5 Å². The molecule has 2 aliphatic rings. The highest BCUT2D eigenvalue weighted by molar-refractivity contribution is 5.96. The van der Waals surface area contributed by atoms with Crippen LogP contribution in [-0.4, -0.2) is 250 Å². The second kappa shape index (κ2) is 33.3. The summed E-state index contributed by atoms with van der Waals surface area (Å²) >= 11 is 0. The standard InChI is InChI=1S/C54H79F3N12O13/c1-4-37-32-68(53(80)41-10-13-47(81-5-2)63-51(41)54(55,56)57)27-28-69(37)44-12-11-42(40-9-7-16-61-52(40)82-6-3)62-43(44)31-58-15-8-17-59-45(72)30-39(71)29-38(70)14-18-60-46(73)33-64-19-21-65(34-48(74)75)23-25-67(36-50(78)79)26-24-66(22-20-64)35-49(76)77/h7,9-13,16,37-39,58,70-71H,4-6,8,14-15,17-36H2,1-3H3,(H,59,72)(H,60,73)(H,74,75)(H,76,77)(H,78,79)/t37-,38+,39+/m1/s1. The van der Waals surface area contributed by atoms with Crippen molar-refractivity contribution >= 4 is 41.3 Å². The van der Waals surface area contributed by atoms with Gasteiger partial charge in [-0.05, 0) is 76.4 Å². The first-order valence-corrected chi connectivity index (χ1v) is 27.7. The molecule has 25 nitrogen and oxygen atoms in total. The third-order valence-corrected chi connectivity index (χ3v) is 13.8. The number of carbonyl (C=O) groups is 6. The van der Waals surface area contributed by atoms with E-state index in [1.165, 1.54) is 11.0 Å². The molecule has 0 bridgehead atoms. The summed E-state index contributed by atoms with van der Waals surface area (Å²) in [5, 5.41) is 58.7. The number of aromatic nitrogens is 3. The Hall–Kier alpha value is -6.82. The Morgan fingerprint density at radius 2 is 1.29 bits per heavy atom. The number of anilines is 1. The monoisotopic (exact) mass is 1160 g/mol. The second-order valence-electron chi connectivity index (χ2n) is 20.0. The van der Waals surface area contributed by atoms with Crippen LogP contribution in [0.15, 0.2) is 42.6 Å². The predicted molar refractivity (Wildman–Crippen MR) is 293 cm³/mol. The molecule has 0 spiro atoms. The molecule has 82 heavy (non-hydrogen) atoms. The van der Waals surface area contributed by atoms with Crippen LogP contribution in [0.4, 0.5) is 18.9 Å². The molecule has 3 aromatic heterocycles. The first-order valence-electron chi connectivity index (χ1n) is 27.7. The summed E-state index contributed by atoms with van der Waals surface area (Å²) in [4.78, 5) is 97.7.